The standard InChI is InChI=1S/C21H20N4O2/c1-13-5-4-6-18(11-13)24-21-22-14(2)12-19(25-21)20(27)23-17-9-7-16(8-10-17)15(3)26/h4-12H,1-3H3,(H,23,27)(H,22,24,25). The molecule has 0 saturated carbocycles. The van der Waals surface area contributed by atoms with Gasteiger partial charge in [-0.2, -0.15) is 0 Å². The van der Waals surface area contributed by atoms with E-state index in [4.69, 9.17) is 0 Å². The zero-order valence-electron chi connectivity index (χ0n) is 15.4. The van der Waals surface area contributed by atoms with Crippen LogP contribution in [0.5, 0.6) is 0 Å². The van der Waals surface area contributed by atoms with Gasteiger partial charge in [0.15, 0.2) is 5.78 Å². The van der Waals surface area contributed by atoms with Crippen molar-refractivity contribution in [2.45, 2.75) is 20.8 Å². The highest BCUT2D eigenvalue weighted by atomic mass is 16.2. The second kappa shape index (κ2) is 7.78. The molecule has 6 heteroatoms. The van der Waals surface area contributed by atoms with E-state index in [1.54, 1.807) is 30.3 Å². The van der Waals surface area contributed by atoms with Crippen LogP contribution in [0, 0.1) is 13.8 Å². The Kier molecular flexibility index (Phi) is 5.26. The number of carbonyl (C=O) groups excluding carboxylic acids is 2. The Morgan fingerprint density at radius 2 is 1.63 bits per heavy atom. The quantitative estimate of drug-likeness (QED) is 0.663. The molecule has 1 heterocycles. The predicted molar refractivity (Wildman–Crippen MR) is 106 cm³/mol. The van der Waals surface area contributed by atoms with Gasteiger partial charge in [0.2, 0.25) is 5.95 Å². The molecule has 0 radical (unpaired) electrons. The maximum Gasteiger partial charge on any atom is 0.274 e. The maximum absolute atomic E-state index is 12.5. The van der Waals surface area contributed by atoms with Gasteiger partial charge < -0.3 is 10.6 Å². The molecule has 0 aliphatic heterocycles. The highest BCUT2D eigenvalue weighted by Crippen LogP contribution is 2.16. The Bertz CT molecular complexity index is 997. The Hall–Kier alpha value is -3.54. The zero-order chi connectivity index (χ0) is 19.4. The van der Waals surface area contributed by atoms with E-state index in [0.29, 0.717) is 22.9 Å². The Morgan fingerprint density at radius 1 is 0.889 bits per heavy atom. The van der Waals surface area contributed by atoms with Crippen LogP contribution in [-0.2, 0) is 0 Å². The molecule has 2 N–H and O–H groups in total. The molecule has 0 aliphatic carbocycles. The van der Waals surface area contributed by atoms with E-state index in [-0.39, 0.29) is 17.4 Å². The maximum atomic E-state index is 12.5. The van der Waals surface area contributed by atoms with Crippen molar-refractivity contribution in [2.75, 3.05) is 10.6 Å². The lowest BCUT2D eigenvalue weighted by Gasteiger charge is -2.09. The molecule has 1 amide bonds. The molecule has 3 rings (SSSR count). The number of nitrogens with one attached hydrogen (secondary N) is 2. The van der Waals surface area contributed by atoms with Crippen LogP contribution in [-0.4, -0.2) is 21.7 Å². The number of carbonyl (C=O) groups is 2. The van der Waals surface area contributed by atoms with Gasteiger partial charge in [0, 0.05) is 22.6 Å². The third-order valence-electron chi connectivity index (χ3n) is 3.91. The van der Waals surface area contributed by atoms with Crippen molar-refractivity contribution in [3.63, 3.8) is 0 Å². The summed E-state index contributed by atoms with van der Waals surface area (Å²) in [7, 11) is 0. The van der Waals surface area contributed by atoms with Crippen molar-refractivity contribution >= 4 is 29.0 Å². The van der Waals surface area contributed by atoms with Crippen molar-refractivity contribution in [3.05, 3.63) is 77.1 Å². The van der Waals surface area contributed by atoms with Crippen LogP contribution in [0.15, 0.2) is 54.6 Å². The monoisotopic (exact) mass is 360 g/mol. The number of aryl methyl sites for hydroxylation is 2. The van der Waals surface area contributed by atoms with E-state index in [2.05, 4.69) is 20.6 Å². The molecule has 0 atom stereocenters. The summed E-state index contributed by atoms with van der Waals surface area (Å²) in [5.41, 5.74) is 4.09. The van der Waals surface area contributed by atoms with Crippen LogP contribution in [0.3, 0.4) is 0 Å². The van der Waals surface area contributed by atoms with Crippen LogP contribution in [0.2, 0.25) is 0 Å². The number of anilines is 3. The van der Waals surface area contributed by atoms with Gasteiger partial charge in [0.25, 0.3) is 5.91 Å². The fraction of sp³-hybridized carbons (Fsp3) is 0.143. The highest BCUT2D eigenvalue weighted by molar-refractivity contribution is 6.03. The smallest absolute Gasteiger partial charge is 0.274 e. The number of Topliss-reactive ketones (excluding diaryl/α,β-unsaturated/α-hetero) is 1. The number of aromatic nitrogens is 2. The van der Waals surface area contributed by atoms with E-state index in [0.717, 1.165) is 11.3 Å². The number of hydrogen-bond acceptors (Lipinski definition) is 5. The Labute approximate surface area is 157 Å². The van der Waals surface area contributed by atoms with E-state index < -0.39 is 0 Å². The molecule has 27 heavy (non-hydrogen) atoms. The Morgan fingerprint density at radius 3 is 2.30 bits per heavy atom. The van der Waals surface area contributed by atoms with Gasteiger partial charge in [-0.05, 0) is 68.8 Å². The fourth-order valence-corrected chi connectivity index (χ4v) is 2.58. The first-order valence-corrected chi connectivity index (χ1v) is 8.52. The molecule has 0 unspecified atom stereocenters. The fourth-order valence-electron chi connectivity index (χ4n) is 2.58. The minimum absolute atomic E-state index is 0.0221. The first kappa shape index (κ1) is 18.3. The zero-order valence-corrected chi connectivity index (χ0v) is 15.4. The van der Waals surface area contributed by atoms with E-state index >= 15 is 0 Å². The van der Waals surface area contributed by atoms with Gasteiger partial charge >= 0.3 is 0 Å². The Balaban J connectivity index is 1.78. The normalized spacial score (nSPS) is 10.3. The summed E-state index contributed by atoms with van der Waals surface area (Å²) in [5, 5.41) is 5.91. The second-order valence-corrected chi connectivity index (χ2v) is 6.30. The molecule has 6 nitrogen and oxygen atoms in total. The molecular formula is C21H20N4O2. The van der Waals surface area contributed by atoms with Crippen molar-refractivity contribution in [2.24, 2.45) is 0 Å². The van der Waals surface area contributed by atoms with Crippen LogP contribution in [0.4, 0.5) is 17.3 Å². The van der Waals surface area contributed by atoms with Crippen LogP contribution in [0.1, 0.15) is 39.0 Å². The van der Waals surface area contributed by atoms with Crippen molar-refractivity contribution in [1.82, 2.24) is 9.97 Å². The van der Waals surface area contributed by atoms with Gasteiger partial charge in [0.1, 0.15) is 5.69 Å². The van der Waals surface area contributed by atoms with Crippen molar-refractivity contribution in [1.29, 1.82) is 0 Å². The second-order valence-electron chi connectivity index (χ2n) is 6.30. The van der Waals surface area contributed by atoms with Gasteiger partial charge in [-0.1, -0.05) is 12.1 Å². The van der Waals surface area contributed by atoms with Gasteiger partial charge in [0.05, 0.1) is 0 Å². The third-order valence-corrected chi connectivity index (χ3v) is 3.91. The summed E-state index contributed by atoms with van der Waals surface area (Å²) in [6.07, 6.45) is 0. The third kappa shape index (κ3) is 4.76. The van der Waals surface area contributed by atoms with Gasteiger partial charge in [-0.25, -0.2) is 9.97 Å². The molecule has 0 aliphatic rings. The first-order valence-electron chi connectivity index (χ1n) is 8.52. The molecule has 136 valence electrons. The van der Waals surface area contributed by atoms with E-state index in [9.17, 15) is 9.59 Å². The molecule has 0 spiro atoms. The summed E-state index contributed by atoms with van der Waals surface area (Å²) in [6.45, 7) is 5.31. The number of amides is 1. The SMILES string of the molecule is CC(=O)c1ccc(NC(=O)c2cc(C)nc(Nc3cccc(C)c3)n2)cc1. The van der Waals surface area contributed by atoms with Crippen LogP contribution < -0.4 is 10.6 Å². The first-order chi connectivity index (χ1) is 12.9. The highest BCUT2D eigenvalue weighted by Gasteiger charge is 2.12. The summed E-state index contributed by atoms with van der Waals surface area (Å²) >= 11 is 0. The number of nitrogens with zero attached hydrogens (tertiary/aromatic N) is 2. The van der Waals surface area contributed by atoms with Crippen LogP contribution >= 0.6 is 0 Å². The minimum atomic E-state index is -0.344. The molecule has 0 bridgehead atoms. The number of benzene rings is 2. The number of hydrogen-bond donors (Lipinski definition) is 2. The molecule has 0 saturated heterocycles. The summed E-state index contributed by atoms with van der Waals surface area (Å²) in [6, 6.07) is 16.2. The molecule has 0 fully saturated rings. The molecule has 3 aromatic rings. The van der Waals surface area contributed by atoms with Gasteiger partial charge in [-0.3, -0.25) is 9.59 Å². The molecular weight excluding hydrogens is 340 g/mol. The number of rotatable bonds is 5. The topological polar surface area (TPSA) is 84.0 Å². The molecule has 2 aromatic carbocycles. The van der Waals surface area contributed by atoms with E-state index in [1.165, 1.54) is 6.92 Å². The van der Waals surface area contributed by atoms with Gasteiger partial charge in [-0.15, -0.1) is 0 Å². The van der Waals surface area contributed by atoms with Crippen molar-refractivity contribution in [3.8, 4) is 0 Å². The average Bonchev–Trinajstić information content (AvgIpc) is 2.61. The lowest BCUT2D eigenvalue weighted by molar-refractivity contribution is 0.101. The predicted octanol–water partition coefficient (Wildman–Crippen LogP) is 4.29. The molecule has 1 aromatic heterocycles. The minimum Gasteiger partial charge on any atom is -0.324 e. The largest absolute Gasteiger partial charge is 0.324 e. The summed E-state index contributed by atoms with van der Waals surface area (Å²) in [5.74, 6) is -0.00721. The van der Waals surface area contributed by atoms with Crippen molar-refractivity contribution < 1.29 is 9.59 Å². The summed E-state index contributed by atoms with van der Waals surface area (Å²) < 4.78 is 0. The average molecular weight is 360 g/mol. The van der Waals surface area contributed by atoms with E-state index in [1.807, 2.05) is 38.1 Å². The lowest BCUT2D eigenvalue weighted by Crippen LogP contribution is -2.15. The lowest BCUT2D eigenvalue weighted by atomic mass is 10.1. The van der Waals surface area contributed by atoms with Crippen LogP contribution in [0.25, 0.3) is 0 Å². The number of ketones is 1. The summed E-state index contributed by atoms with van der Waals surface area (Å²) in [4.78, 5) is 32.5.